The number of carbonyl (C=O) groups is 2. The summed E-state index contributed by atoms with van der Waals surface area (Å²) in [6, 6.07) is 13.8. The first-order valence-corrected chi connectivity index (χ1v) is 18.7. The first-order chi connectivity index (χ1) is 22.1. The summed E-state index contributed by atoms with van der Waals surface area (Å²) < 4.78 is 49.4. The third-order valence-electron chi connectivity index (χ3n) is 10.6. The van der Waals surface area contributed by atoms with Crippen molar-refractivity contribution in [1.82, 2.24) is 10.0 Å². The molecule has 256 valence electrons. The minimum absolute atomic E-state index is 0.0475. The fourth-order valence-corrected chi connectivity index (χ4v) is 7.86. The number of allylic oxidation sites excluding steroid dienone is 2. The van der Waals surface area contributed by atoms with Gasteiger partial charge in [-0.2, -0.15) is 0 Å². The molecule has 0 bridgehead atoms. The van der Waals surface area contributed by atoms with Crippen molar-refractivity contribution in [1.29, 1.82) is 0 Å². The molecule has 1 saturated heterocycles. The average Bonchev–Trinajstić information content (AvgIpc) is 3.61. The predicted octanol–water partition coefficient (Wildman–Crippen LogP) is 7.30. The van der Waals surface area contributed by atoms with Crippen molar-refractivity contribution >= 4 is 21.7 Å². The molecule has 9 heteroatoms. The van der Waals surface area contributed by atoms with Gasteiger partial charge in [-0.15, -0.1) is 0 Å². The van der Waals surface area contributed by atoms with Crippen LogP contribution >= 0.6 is 0 Å². The van der Waals surface area contributed by atoms with Gasteiger partial charge in [0.05, 0.1) is 16.8 Å². The number of ether oxygens (including phenoxy) is 1. The van der Waals surface area contributed by atoms with E-state index < -0.39 is 32.3 Å². The van der Waals surface area contributed by atoms with Crippen molar-refractivity contribution in [3.8, 4) is 16.9 Å². The molecule has 0 radical (unpaired) electrons. The van der Waals surface area contributed by atoms with E-state index in [4.69, 9.17) is 4.74 Å². The van der Waals surface area contributed by atoms with Crippen LogP contribution in [0.2, 0.25) is 0 Å². The van der Waals surface area contributed by atoms with E-state index in [1.54, 1.807) is 13.8 Å². The third kappa shape index (κ3) is 7.51. The van der Waals surface area contributed by atoms with E-state index in [1.165, 1.54) is 13.8 Å². The largest absolute Gasteiger partial charge is 0.490 e. The van der Waals surface area contributed by atoms with Crippen LogP contribution in [-0.2, 0) is 25.0 Å². The van der Waals surface area contributed by atoms with Crippen LogP contribution in [0, 0.1) is 5.92 Å². The summed E-state index contributed by atoms with van der Waals surface area (Å²) in [5.74, 6) is 0.261. The minimum Gasteiger partial charge on any atom is -0.490 e. The van der Waals surface area contributed by atoms with E-state index in [1.807, 2.05) is 36.4 Å². The maximum Gasteiger partial charge on any atom is 0.243 e. The van der Waals surface area contributed by atoms with Crippen LogP contribution in [0.1, 0.15) is 110 Å². The summed E-state index contributed by atoms with van der Waals surface area (Å²) in [5, 5.41) is 2.54. The second-order valence-corrected chi connectivity index (χ2v) is 17.3. The van der Waals surface area contributed by atoms with Crippen LogP contribution in [0.15, 0.2) is 54.6 Å². The molecule has 7 nitrogen and oxygen atoms in total. The van der Waals surface area contributed by atoms with Crippen molar-refractivity contribution in [3.63, 3.8) is 0 Å². The number of alkyl halides is 1. The van der Waals surface area contributed by atoms with Gasteiger partial charge in [0, 0.05) is 30.5 Å². The van der Waals surface area contributed by atoms with Gasteiger partial charge in [-0.25, -0.2) is 12.8 Å². The molecule has 0 aromatic heterocycles. The zero-order chi connectivity index (χ0) is 34.2. The summed E-state index contributed by atoms with van der Waals surface area (Å²) in [5.41, 5.74) is 0.621. The fraction of sp³-hybridized carbons (Fsp3) is 0.579. The topological polar surface area (TPSA) is 102 Å². The van der Waals surface area contributed by atoms with Gasteiger partial charge < -0.3 is 10.1 Å². The van der Waals surface area contributed by atoms with Gasteiger partial charge in [-0.1, -0.05) is 56.3 Å². The number of nitrogens with one attached hydrogen (secondary N) is 2. The Hall–Kier alpha value is -3.04. The fourth-order valence-electron chi connectivity index (χ4n) is 7.11. The Bertz CT molecular complexity index is 1630. The van der Waals surface area contributed by atoms with Crippen LogP contribution in [0.3, 0.4) is 0 Å². The van der Waals surface area contributed by atoms with Crippen LogP contribution in [0.4, 0.5) is 4.39 Å². The number of sulfonamides is 1. The second kappa shape index (κ2) is 13.5. The van der Waals surface area contributed by atoms with E-state index in [0.717, 1.165) is 55.2 Å². The summed E-state index contributed by atoms with van der Waals surface area (Å²) in [6.45, 7) is 10.9. The molecule has 1 spiro atoms. The molecule has 2 aromatic carbocycles. The Morgan fingerprint density at radius 2 is 1.81 bits per heavy atom. The average molecular weight is 667 g/mol. The van der Waals surface area contributed by atoms with Gasteiger partial charge in [0.15, 0.2) is 11.5 Å². The molecule has 1 aliphatic heterocycles. The second-order valence-electron chi connectivity index (χ2n) is 15.1. The molecule has 0 unspecified atom stereocenters. The number of benzene rings is 2. The predicted molar refractivity (Wildman–Crippen MR) is 185 cm³/mol. The smallest absolute Gasteiger partial charge is 0.243 e. The SMILES string of the molecule is CC(C)c1ccccc1-c1cc(C(C)(C)C(=O)NS(=O)(=O)C(C)C)ccc1O[C@@H]1CC[C@@H](/C=C/CC(=O)[C@@]2(F)CNC3(CCC3)C2)C1. The number of hydrogen-bond acceptors (Lipinski definition) is 6. The molecule has 1 heterocycles. The Kier molecular flexibility index (Phi) is 10.1. The molecule has 2 aromatic rings. The number of carbonyl (C=O) groups excluding carboxylic acids is 2. The quantitative estimate of drug-likeness (QED) is 0.231. The molecular weight excluding hydrogens is 615 g/mol. The van der Waals surface area contributed by atoms with Crippen LogP contribution < -0.4 is 14.8 Å². The molecule has 3 fully saturated rings. The maximum absolute atomic E-state index is 15.4. The number of Topliss-reactive ketones (excluding diaryl/α,β-unsaturated/α-hetero) is 1. The van der Waals surface area contributed by atoms with Crippen molar-refractivity contribution in [2.24, 2.45) is 5.92 Å². The number of halogens is 1. The zero-order valence-corrected chi connectivity index (χ0v) is 29.5. The van der Waals surface area contributed by atoms with Crippen molar-refractivity contribution in [3.05, 3.63) is 65.7 Å². The van der Waals surface area contributed by atoms with Gasteiger partial charge in [0.2, 0.25) is 15.9 Å². The number of ketones is 1. The molecule has 3 atom stereocenters. The van der Waals surface area contributed by atoms with Crippen molar-refractivity contribution < 1.29 is 27.1 Å². The number of rotatable bonds is 12. The minimum atomic E-state index is -3.79. The zero-order valence-electron chi connectivity index (χ0n) is 28.7. The molecule has 1 amide bonds. The van der Waals surface area contributed by atoms with E-state index >= 15 is 4.39 Å². The van der Waals surface area contributed by atoms with Gasteiger partial charge in [0.1, 0.15) is 5.75 Å². The normalized spacial score (nSPS) is 24.3. The molecule has 3 aliphatic rings. The van der Waals surface area contributed by atoms with Gasteiger partial charge in [-0.05, 0) is 107 Å². The van der Waals surface area contributed by atoms with Gasteiger partial charge in [-0.3, -0.25) is 14.3 Å². The standard InChI is InChI=1S/C38H51FN2O5S/c1-25(2)30-12-7-8-13-31(30)32-22-28(36(5,6)35(43)41-47(44,45)26(3)4)16-18-33(32)46-29-17-15-27(21-29)11-9-14-34(42)38(39)23-37(40-24-38)19-10-20-37/h7-9,11-13,16,18,22,25-27,29,40H,10,14-15,17,19-21,23-24H2,1-6H3,(H,41,43)/b11-9+/t27-,29-,38+/m1/s1. The monoisotopic (exact) mass is 666 g/mol. The van der Waals surface area contributed by atoms with Crippen LogP contribution in [0.5, 0.6) is 5.75 Å². The molecule has 2 N–H and O–H groups in total. The van der Waals surface area contributed by atoms with Crippen LogP contribution in [-0.4, -0.2) is 49.2 Å². The van der Waals surface area contributed by atoms with Gasteiger partial charge in [0.25, 0.3) is 0 Å². The van der Waals surface area contributed by atoms with Crippen molar-refractivity contribution in [2.75, 3.05) is 6.54 Å². The molecular formula is C38H51FN2O5S. The third-order valence-corrected chi connectivity index (χ3v) is 12.3. The maximum atomic E-state index is 15.4. The Balaban J connectivity index is 1.32. The molecule has 5 rings (SSSR count). The lowest BCUT2D eigenvalue weighted by Crippen LogP contribution is -2.46. The summed E-state index contributed by atoms with van der Waals surface area (Å²) in [6.07, 6.45) is 9.79. The van der Waals surface area contributed by atoms with E-state index in [-0.39, 0.29) is 42.2 Å². The Labute approximate surface area is 280 Å². The highest BCUT2D eigenvalue weighted by atomic mass is 32.2. The first kappa shape index (κ1) is 35.3. The first-order valence-electron chi connectivity index (χ1n) is 17.2. The summed E-state index contributed by atoms with van der Waals surface area (Å²) >= 11 is 0. The van der Waals surface area contributed by atoms with E-state index in [0.29, 0.717) is 17.7 Å². The number of hydrogen-bond donors (Lipinski definition) is 2. The Morgan fingerprint density at radius 1 is 1.09 bits per heavy atom. The summed E-state index contributed by atoms with van der Waals surface area (Å²) in [4.78, 5) is 26.1. The summed E-state index contributed by atoms with van der Waals surface area (Å²) in [7, 11) is -3.79. The highest BCUT2D eigenvalue weighted by Crippen LogP contribution is 2.45. The van der Waals surface area contributed by atoms with Crippen molar-refractivity contribution in [2.45, 2.75) is 127 Å². The molecule has 47 heavy (non-hydrogen) atoms. The lowest BCUT2D eigenvalue weighted by molar-refractivity contribution is -0.129. The Morgan fingerprint density at radius 3 is 2.45 bits per heavy atom. The molecule has 2 aliphatic carbocycles. The van der Waals surface area contributed by atoms with E-state index in [2.05, 4.69) is 42.1 Å². The lowest BCUT2D eigenvalue weighted by Gasteiger charge is -2.38. The van der Waals surface area contributed by atoms with Gasteiger partial charge >= 0.3 is 0 Å². The van der Waals surface area contributed by atoms with E-state index in [9.17, 15) is 18.0 Å². The highest BCUT2D eigenvalue weighted by Gasteiger charge is 2.54. The highest BCUT2D eigenvalue weighted by molar-refractivity contribution is 7.90. The number of amides is 1. The molecule has 2 saturated carbocycles. The lowest BCUT2D eigenvalue weighted by atomic mass is 9.73. The van der Waals surface area contributed by atoms with Crippen LogP contribution in [0.25, 0.3) is 11.1 Å².